The molecule has 0 heterocycles. The van der Waals surface area contributed by atoms with Gasteiger partial charge in [0.15, 0.2) is 0 Å². The maximum Gasteiger partial charge on any atom is 0.0772 e. The van der Waals surface area contributed by atoms with E-state index in [1.165, 1.54) is 30.4 Å². The summed E-state index contributed by atoms with van der Waals surface area (Å²) in [5, 5.41) is 14.2. The molecule has 1 saturated carbocycles. The molecule has 2 rings (SSSR count). The molecule has 1 aliphatic rings. The van der Waals surface area contributed by atoms with E-state index < -0.39 is 5.60 Å². The predicted octanol–water partition coefficient (Wildman–Crippen LogP) is 4.23. The van der Waals surface area contributed by atoms with E-state index in [9.17, 15) is 5.11 Å². The first kappa shape index (κ1) is 16.5. The zero-order valence-corrected chi connectivity index (χ0v) is 13.9. The van der Waals surface area contributed by atoms with Crippen molar-refractivity contribution in [2.24, 2.45) is 5.92 Å². The van der Waals surface area contributed by atoms with Crippen molar-refractivity contribution in [3.63, 3.8) is 0 Å². The van der Waals surface area contributed by atoms with Crippen LogP contribution in [-0.4, -0.2) is 17.3 Å². The lowest BCUT2D eigenvalue weighted by molar-refractivity contribution is -0.0103. The molecule has 2 N–H and O–H groups in total. The molecular weight excluding hydrogens is 258 g/mol. The van der Waals surface area contributed by atoms with Gasteiger partial charge in [0, 0.05) is 12.6 Å². The molecule has 2 nitrogen and oxygen atoms in total. The highest BCUT2D eigenvalue weighted by atomic mass is 16.3. The molecule has 0 saturated heterocycles. The quantitative estimate of drug-likeness (QED) is 0.821. The molecule has 1 aromatic rings. The Kier molecular flexibility index (Phi) is 5.83. The molecule has 1 fully saturated rings. The predicted molar refractivity (Wildman–Crippen MR) is 89.4 cm³/mol. The van der Waals surface area contributed by atoms with E-state index in [2.05, 4.69) is 50.4 Å². The van der Waals surface area contributed by atoms with E-state index in [-0.39, 0.29) is 0 Å². The molecule has 118 valence electrons. The van der Waals surface area contributed by atoms with Crippen LogP contribution in [0.5, 0.6) is 0 Å². The van der Waals surface area contributed by atoms with E-state index in [0.29, 0.717) is 12.6 Å². The summed E-state index contributed by atoms with van der Waals surface area (Å²) >= 11 is 0. The SMILES string of the molecule is CCc1ccc(C(C)NCC2(O)CCC(CC)CC2)cc1. The second-order valence-electron chi connectivity index (χ2n) is 6.77. The van der Waals surface area contributed by atoms with E-state index in [1.807, 2.05) is 0 Å². The first-order chi connectivity index (χ1) is 10.1. The molecule has 0 aliphatic heterocycles. The molecule has 1 unspecified atom stereocenters. The Labute approximate surface area is 130 Å². The van der Waals surface area contributed by atoms with Crippen LogP contribution >= 0.6 is 0 Å². The largest absolute Gasteiger partial charge is 0.389 e. The fraction of sp³-hybridized carbons (Fsp3) is 0.684. The summed E-state index contributed by atoms with van der Waals surface area (Å²) in [6.07, 6.45) is 6.58. The molecule has 1 atom stereocenters. The van der Waals surface area contributed by atoms with Gasteiger partial charge in [0.1, 0.15) is 0 Å². The second kappa shape index (κ2) is 7.42. The molecular formula is C19H31NO. The van der Waals surface area contributed by atoms with Crippen LogP contribution in [0.2, 0.25) is 0 Å². The van der Waals surface area contributed by atoms with Gasteiger partial charge in [-0.15, -0.1) is 0 Å². The van der Waals surface area contributed by atoms with Crippen molar-refractivity contribution in [2.45, 2.75) is 70.9 Å². The van der Waals surface area contributed by atoms with Gasteiger partial charge >= 0.3 is 0 Å². The third-order valence-corrected chi connectivity index (χ3v) is 5.24. The molecule has 21 heavy (non-hydrogen) atoms. The summed E-state index contributed by atoms with van der Waals surface area (Å²) in [5.74, 6) is 0.823. The van der Waals surface area contributed by atoms with Crippen LogP contribution in [0, 0.1) is 5.92 Å². The second-order valence-corrected chi connectivity index (χ2v) is 6.77. The average Bonchev–Trinajstić information content (AvgIpc) is 2.53. The van der Waals surface area contributed by atoms with E-state index in [0.717, 1.165) is 25.2 Å². The summed E-state index contributed by atoms with van der Waals surface area (Å²) in [7, 11) is 0. The normalized spacial score (nSPS) is 27.5. The van der Waals surface area contributed by atoms with Crippen molar-refractivity contribution in [3.8, 4) is 0 Å². The third kappa shape index (κ3) is 4.55. The smallest absolute Gasteiger partial charge is 0.0772 e. The van der Waals surface area contributed by atoms with Gasteiger partial charge < -0.3 is 10.4 Å². The van der Waals surface area contributed by atoms with Crippen LogP contribution < -0.4 is 5.32 Å². The lowest BCUT2D eigenvalue weighted by Gasteiger charge is -2.36. The maximum atomic E-state index is 10.7. The van der Waals surface area contributed by atoms with Crippen molar-refractivity contribution in [1.82, 2.24) is 5.32 Å². The van der Waals surface area contributed by atoms with E-state index in [1.54, 1.807) is 0 Å². The first-order valence-corrected chi connectivity index (χ1v) is 8.61. The number of aryl methyl sites for hydroxylation is 1. The zero-order valence-electron chi connectivity index (χ0n) is 13.9. The van der Waals surface area contributed by atoms with Gasteiger partial charge in [0.2, 0.25) is 0 Å². The zero-order chi connectivity index (χ0) is 15.3. The number of hydrogen-bond donors (Lipinski definition) is 2. The van der Waals surface area contributed by atoms with Crippen molar-refractivity contribution < 1.29 is 5.11 Å². The van der Waals surface area contributed by atoms with Crippen molar-refractivity contribution in [1.29, 1.82) is 0 Å². The molecule has 0 aromatic heterocycles. The van der Waals surface area contributed by atoms with Gasteiger partial charge in [0.25, 0.3) is 0 Å². The van der Waals surface area contributed by atoms with Crippen molar-refractivity contribution >= 4 is 0 Å². The Bertz CT molecular complexity index is 418. The van der Waals surface area contributed by atoms with Crippen LogP contribution in [-0.2, 0) is 6.42 Å². The standard InChI is InChI=1S/C19H31NO/c1-4-16-6-8-18(9-7-16)15(3)20-14-19(21)12-10-17(5-2)11-13-19/h6-9,15,17,20-21H,4-5,10-14H2,1-3H3. The monoisotopic (exact) mass is 289 g/mol. The van der Waals surface area contributed by atoms with Gasteiger partial charge in [-0.05, 0) is 56.1 Å². The average molecular weight is 289 g/mol. The van der Waals surface area contributed by atoms with Gasteiger partial charge in [-0.3, -0.25) is 0 Å². The minimum atomic E-state index is -0.497. The third-order valence-electron chi connectivity index (χ3n) is 5.24. The summed E-state index contributed by atoms with van der Waals surface area (Å²) in [6, 6.07) is 9.11. The molecule has 2 heteroatoms. The van der Waals surface area contributed by atoms with Crippen LogP contribution in [0.1, 0.15) is 70.0 Å². The number of benzene rings is 1. The van der Waals surface area contributed by atoms with Crippen LogP contribution in [0.25, 0.3) is 0 Å². The highest BCUT2D eigenvalue weighted by Gasteiger charge is 2.32. The van der Waals surface area contributed by atoms with E-state index in [4.69, 9.17) is 0 Å². The molecule has 0 bridgehead atoms. The fourth-order valence-electron chi connectivity index (χ4n) is 3.30. The lowest BCUT2D eigenvalue weighted by atomic mass is 9.77. The summed E-state index contributed by atoms with van der Waals surface area (Å²) in [5.41, 5.74) is 2.18. The number of rotatable bonds is 6. The Morgan fingerprint density at radius 3 is 2.33 bits per heavy atom. The topological polar surface area (TPSA) is 32.3 Å². The fourth-order valence-corrected chi connectivity index (χ4v) is 3.30. The van der Waals surface area contributed by atoms with Gasteiger partial charge in [-0.2, -0.15) is 0 Å². The number of nitrogens with one attached hydrogen (secondary N) is 1. The highest BCUT2D eigenvalue weighted by Crippen LogP contribution is 2.33. The summed E-state index contributed by atoms with van der Waals surface area (Å²) in [6.45, 7) is 7.33. The Balaban J connectivity index is 1.84. The van der Waals surface area contributed by atoms with Crippen LogP contribution in [0.4, 0.5) is 0 Å². The highest BCUT2D eigenvalue weighted by molar-refractivity contribution is 5.24. The molecule has 0 radical (unpaired) electrons. The van der Waals surface area contributed by atoms with Crippen molar-refractivity contribution in [2.75, 3.05) is 6.54 Å². The Morgan fingerprint density at radius 1 is 1.19 bits per heavy atom. The molecule has 1 aliphatic carbocycles. The molecule has 0 spiro atoms. The lowest BCUT2D eigenvalue weighted by Crippen LogP contribution is -2.44. The Morgan fingerprint density at radius 2 is 1.81 bits per heavy atom. The summed E-state index contributed by atoms with van der Waals surface area (Å²) < 4.78 is 0. The van der Waals surface area contributed by atoms with Crippen LogP contribution in [0.3, 0.4) is 0 Å². The minimum absolute atomic E-state index is 0.295. The Hall–Kier alpha value is -0.860. The van der Waals surface area contributed by atoms with Gasteiger partial charge in [0.05, 0.1) is 5.60 Å². The number of aliphatic hydroxyl groups is 1. The number of hydrogen-bond acceptors (Lipinski definition) is 2. The summed E-state index contributed by atoms with van der Waals surface area (Å²) in [4.78, 5) is 0. The van der Waals surface area contributed by atoms with Gasteiger partial charge in [-0.1, -0.05) is 44.5 Å². The first-order valence-electron chi connectivity index (χ1n) is 8.61. The molecule has 1 aromatic carbocycles. The minimum Gasteiger partial charge on any atom is -0.389 e. The maximum absolute atomic E-state index is 10.7. The van der Waals surface area contributed by atoms with Crippen LogP contribution in [0.15, 0.2) is 24.3 Å². The van der Waals surface area contributed by atoms with Crippen molar-refractivity contribution in [3.05, 3.63) is 35.4 Å². The molecule has 0 amide bonds. The van der Waals surface area contributed by atoms with E-state index >= 15 is 0 Å². The van der Waals surface area contributed by atoms with Gasteiger partial charge in [-0.25, -0.2) is 0 Å².